The molecular formula is C20H28O3. The normalized spacial score (nSPS) is 42.0. The average Bonchev–Trinajstić information content (AvgIpc) is 2.83. The Morgan fingerprint density at radius 1 is 1.22 bits per heavy atom. The summed E-state index contributed by atoms with van der Waals surface area (Å²) in [6.07, 6.45) is 5.40. The summed E-state index contributed by atoms with van der Waals surface area (Å²) >= 11 is 0. The number of phenols is 1. The molecule has 4 rings (SSSR count). The number of aromatic hydroxyl groups is 1. The van der Waals surface area contributed by atoms with Crippen molar-refractivity contribution in [3.05, 3.63) is 29.3 Å². The number of hydrogen-bond acceptors (Lipinski definition) is 3. The van der Waals surface area contributed by atoms with Crippen molar-refractivity contribution in [3.8, 4) is 5.75 Å². The lowest BCUT2D eigenvalue weighted by Gasteiger charge is -2.51. The number of methoxy groups -OCH3 is 1. The molecule has 0 saturated heterocycles. The van der Waals surface area contributed by atoms with E-state index in [1.54, 1.807) is 7.11 Å². The Bertz CT molecular complexity index is 599. The van der Waals surface area contributed by atoms with Crippen LogP contribution >= 0.6 is 0 Å². The Balaban J connectivity index is 1.74. The molecule has 0 aliphatic heterocycles. The van der Waals surface area contributed by atoms with Crippen molar-refractivity contribution < 1.29 is 14.9 Å². The number of hydrogen-bond donors (Lipinski definition) is 2. The van der Waals surface area contributed by atoms with Crippen LogP contribution in [0.3, 0.4) is 0 Å². The van der Waals surface area contributed by atoms with Crippen LogP contribution in [0.2, 0.25) is 0 Å². The van der Waals surface area contributed by atoms with Gasteiger partial charge in [0.2, 0.25) is 0 Å². The SMILES string of the molecule is COC[C@@H]1C[C@@H]2[C@H](CC[C@]3(C)[C@@H](O)CC[C@@H]23)c2ccc(O)cc21. The van der Waals surface area contributed by atoms with Crippen LogP contribution in [0.25, 0.3) is 0 Å². The molecule has 1 aromatic rings. The van der Waals surface area contributed by atoms with Gasteiger partial charge in [0.25, 0.3) is 0 Å². The monoisotopic (exact) mass is 316 g/mol. The van der Waals surface area contributed by atoms with Gasteiger partial charge in [-0.2, -0.15) is 0 Å². The standard InChI is InChI=1S/C20H28O3/c1-20-8-7-15-14-4-3-13(21)10-16(14)12(11-23-2)9-17(15)18(20)5-6-19(20)22/h3-4,10,12,15,17-19,21-22H,5-9,11H2,1-2H3/t12-,15+,17+,18-,19-,20-/m0/s1. The Labute approximate surface area is 138 Å². The third kappa shape index (κ3) is 2.24. The number of aliphatic hydroxyl groups excluding tert-OH is 1. The first-order chi connectivity index (χ1) is 11.0. The van der Waals surface area contributed by atoms with Crippen LogP contribution in [0.5, 0.6) is 5.75 Å². The van der Waals surface area contributed by atoms with Gasteiger partial charge in [-0.1, -0.05) is 13.0 Å². The molecule has 0 unspecified atom stereocenters. The summed E-state index contributed by atoms with van der Waals surface area (Å²) in [5.74, 6) is 2.58. The predicted molar refractivity (Wildman–Crippen MR) is 89.6 cm³/mol. The first kappa shape index (κ1) is 15.5. The first-order valence-electron chi connectivity index (χ1n) is 9.04. The molecule has 0 radical (unpaired) electrons. The Hall–Kier alpha value is -1.06. The number of fused-ring (bicyclic) bond motifs is 5. The molecule has 2 fully saturated rings. The summed E-state index contributed by atoms with van der Waals surface area (Å²) in [7, 11) is 1.76. The first-order valence-corrected chi connectivity index (χ1v) is 9.04. The van der Waals surface area contributed by atoms with Gasteiger partial charge in [0, 0.05) is 13.0 Å². The molecular weight excluding hydrogens is 288 g/mol. The van der Waals surface area contributed by atoms with Gasteiger partial charge in [0.1, 0.15) is 5.75 Å². The van der Waals surface area contributed by atoms with Crippen molar-refractivity contribution in [2.24, 2.45) is 17.3 Å². The van der Waals surface area contributed by atoms with Crippen molar-refractivity contribution in [1.82, 2.24) is 0 Å². The molecule has 6 atom stereocenters. The highest BCUT2D eigenvalue weighted by molar-refractivity contribution is 5.42. The van der Waals surface area contributed by atoms with Gasteiger partial charge >= 0.3 is 0 Å². The maximum Gasteiger partial charge on any atom is 0.115 e. The largest absolute Gasteiger partial charge is 0.508 e. The fourth-order valence-corrected chi connectivity index (χ4v) is 6.04. The van der Waals surface area contributed by atoms with E-state index in [1.165, 1.54) is 11.1 Å². The highest BCUT2D eigenvalue weighted by Crippen LogP contribution is 2.62. The van der Waals surface area contributed by atoms with E-state index in [2.05, 4.69) is 13.0 Å². The van der Waals surface area contributed by atoms with E-state index < -0.39 is 0 Å². The van der Waals surface area contributed by atoms with E-state index in [1.807, 2.05) is 12.1 Å². The van der Waals surface area contributed by atoms with E-state index in [4.69, 9.17) is 4.74 Å². The minimum Gasteiger partial charge on any atom is -0.508 e. The molecule has 3 nitrogen and oxygen atoms in total. The van der Waals surface area contributed by atoms with Crippen LogP contribution < -0.4 is 0 Å². The smallest absolute Gasteiger partial charge is 0.115 e. The summed E-state index contributed by atoms with van der Waals surface area (Å²) in [6, 6.07) is 5.92. The second-order valence-electron chi connectivity index (χ2n) is 8.22. The predicted octanol–water partition coefficient (Wildman–Crippen LogP) is 3.80. The topological polar surface area (TPSA) is 49.7 Å². The lowest BCUT2D eigenvalue weighted by atomic mass is 9.54. The van der Waals surface area contributed by atoms with Gasteiger partial charge < -0.3 is 14.9 Å². The summed E-state index contributed by atoms with van der Waals surface area (Å²) < 4.78 is 5.48. The summed E-state index contributed by atoms with van der Waals surface area (Å²) in [4.78, 5) is 0. The van der Waals surface area contributed by atoms with Crippen LogP contribution in [0, 0.1) is 17.3 Å². The molecule has 2 saturated carbocycles. The fourth-order valence-electron chi connectivity index (χ4n) is 6.04. The van der Waals surface area contributed by atoms with Gasteiger partial charge in [-0.05, 0) is 78.5 Å². The average molecular weight is 316 g/mol. The molecule has 1 aromatic carbocycles. The molecule has 23 heavy (non-hydrogen) atoms. The minimum atomic E-state index is -0.129. The summed E-state index contributed by atoms with van der Waals surface area (Å²) in [5.41, 5.74) is 2.81. The zero-order chi connectivity index (χ0) is 16.2. The van der Waals surface area contributed by atoms with Crippen molar-refractivity contribution in [2.45, 2.75) is 57.0 Å². The molecule has 0 heterocycles. The van der Waals surface area contributed by atoms with Crippen LogP contribution in [0.1, 0.15) is 62.0 Å². The molecule has 0 spiro atoms. The number of phenolic OH excluding ortho intramolecular Hbond substituents is 1. The number of benzene rings is 1. The number of aliphatic hydroxyl groups is 1. The van der Waals surface area contributed by atoms with E-state index in [0.717, 1.165) is 32.1 Å². The summed E-state index contributed by atoms with van der Waals surface area (Å²) in [5, 5.41) is 20.4. The maximum atomic E-state index is 10.5. The maximum absolute atomic E-state index is 10.5. The quantitative estimate of drug-likeness (QED) is 0.872. The third-order valence-corrected chi connectivity index (χ3v) is 7.22. The van der Waals surface area contributed by atoms with E-state index in [9.17, 15) is 10.2 Å². The zero-order valence-corrected chi connectivity index (χ0v) is 14.2. The van der Waals surface area contributed by atoms with Gasteiger partial charge in [-0.15, -0.1) is 0 Å². The van der Waals surface area contributed by atoms with Crippen molar-refractivity contribution in [3.63, 3.8) is 0 Å². The molecule has 0 aromatic heterocycles. The van der Waals surface area contributed by atoms with Crippen LogP contribution in [-0.4, -0.2) is 30.0 Å². The molecule has 126 valence electrons. The minimum absolute atomic E-state index is 0.104. The lowest BCUT2D eigenvalue weighted by Crippen LogP contribution is -2.44. The van der Waals surface area contributed by atoms with Crippen molar-refractivity contribution in [2.75, 3.05) is 13.7 Å². The molecule has 3 aliphatic rings. The van der Waals surface area contributed by atoms with Crippen molar-refractivity contribution in [1.29, 1.82) is 0 Å². The number of ether oxygens (including phenoxy) is 1. The number of rotatable bonds is 2. The second-order valence-corrected chi connectivity index (χ2v) is 8.22. The van der Waals surface area contributed by atoms with Crippen LogP contribution in [0.4, 0.5) is 0 Å². The fraction of sp³-hybridized carbons (Fsp3) is 0.700. The van der Waals surface area contributed by atoms with Gasteiger partial charge in [0.15, 0.2) is 0 Å². The van der Waals surface area contributed by atoms with Gasteiger partial charge in [-0.3, -0.25) is 0 Å². The molecule has 0 bridgehead atoms. The zero-order valence-electron chi connectivity index (χ0n) is 14.2. The third-order valence-electron chi connectivity index (χ3n) is 7.22. The molecule has 3 heteroatoms. The molecule has 2 N–H and O–H groups in total. The Morgan fingerprint density at radius 2 is 2.04 bits per heavy atom. The summed E-state index contributed by atoms with van der Waals surface area (Å²) in [6.45, 7) is 3.02. The Morgan fingerprint density at radius 3 is 2.83 bits per heavy atom. The Kier molecular flexibility index (Phi) is 3.69. The lowest BCUT2D eigenvalue weighted by molar-refractivity contribution is -0.0273. The molecule has 3 aliphatic carbocycles. The highest BCUT2D eigenvalue weighted by Gasteiger charge is 2.55. The van der Waals surface area contributed by atoms with E-state index in [-0.39, 0.29) is 11.5 Å². The van der Waals surface area contributed by atoms with Gasteiger partial charge in [0.05, 0.1) is 12.7 Å². The second kappa shape index (κ2) is 5.49. The van der Waals surface area contributed by atoms with E-state index in [0.29, 0.717) is 36.0 Å². The molecule has 0 amide bonds. The van der Waals surface area contributed by atoms with E-state index >= 15 is 0 Å². The highest BCUT2D eigenvalue weighted by atomic mass is 16.5. The van der Waals surface area contributed by atoms with Crippen LogP contribution in [0.15, 0.2) is 18.2 Å². The van der Waals surface area contributed by atoms with Crippen molar-refractivity contribution >= 4 is 0 Å². The van der Waals surface area contributed by atoms with Gasteiger partial charge in [-0.25, -0.2) is 0 Å². The van der Waals surface area contributed by atoms with Crippen LogP contribution in [-0.2, 0) is 4.74 Å².